The van der Waals surface area contributed by atoms with Gasteiger partial charge in [-0.3, -0.25) is 0 Å². The van der Waals surface area contributed by atoms with E-state index in [1.54, 1.807) is 24.3 Å². The van der Waals surface area contributed by atoms with E-state index in [4.69, 9.17) is 0 Å². The lowest BCUT2D eigenvalue weighted by atomic mass is 10.2. The zero-order valence-electron chi connectivity index (χ0n) is 12.3. The quantitative estimate of drug-likeness (QED) is 0.862. The van der Waals surface area contributed by atoms with Crippen LogP contribution < -0.4 is 10.0 Å². The van der Waals surface area contributed by atoms with Gasteiger partial charge in [-0.2, -0.15) is 0 Å². The van der Waals surface area contributed by atoms with Gasteiger partial charge in [0.25, 0.3) is 0 Å². The monoisotopic (exact) mass is 304 g/mol. The van der Waals surface area contributed by atoms with Crippen molar-refractivity contribution in [3.05, 3.63) is 59.7 Å². The average Bonchev–Trinajstić information content (AvgIpc) is 2.48. The highest BCUT2D eigenvalue weighted by molar-refractivity contribution is 7.89. The highest BCUT2D eigenvalue weighted by atomic mass is 32.2. The van der Waals surface area contributed by atoms with E-state index in [2.05, 4.69) is 10.0 Å². The van der Waals surface area contributed by atoms with Gasteiger partial charge >= 0.3 is 0 Å². The average molecular weight is 304 g/mol. The van der Waals surface area contributed by atoms with E-state index >= 15 is 0 Å². The molecule has 2 aromatic rings. The van der Waals surface area contributed by atoms with Gasteiger partial charge in [0.15, 0.2) is 0 Å². The second kappa shape index (κ2) is 6.74. The van der Waals surface area contributed by atoms with Crippen molar-refractivity contribution in [2.75, 3.05) is 11.9 Å². The summed E-state index contributed by atoms with van der Waals surface area (Å²) in [5, 5.41) is 3.13. The molecule has 0 saturated heterocycles. The highest BCUT2D eigenvalue weighted by Gasteiger charge is 2.13. The summed E-state index contributed by atoms with van der Waals surface area (Å²) >= 11 is 0. The molecule has 0 atom stereocenters. The molecule has 0 radical (unpaired) electrons. The van der Waals surface area contributed by atoms with E-state index in [1.165, 1.54) is 0 Å². The predicted molar refractivity (Wildman–Crippen MR) is 85.8 cm³/mol. The van der Waals surface area contributed by atoms with Gasteiger partial charge in [0.05, 0.1) is 4.90 Å². The molecule has 112 valence electrons. The van der Waals surface area contributed by atoms with Gasteiger partial charge in [-0.25, -0.2) is 13.1 Å². The van der Waals surface area contributed by atoms with Crippen molar-refractivity contribution in [3.8, 4) is 0 Å². The molecule has 0 heterocycles. The third-order valence-electron chi connectivity index (χ3n) is 3.13. The van der Waals surface area contributed by atoms with Crippen molar-refractivity contribution in [2.24, 2.45) is 0 Å². The number of hydrogen-bond donors (Lipinski definition) is 2. The van der Waals surface area contributed by atoms with Crippen LogP contribution in [0.4, 0.5) is 5.69 Å². The van der Waals surface area contributed by atoms with E-state index in [0.29, 0.717) is 0 Å². The molecular weight excluding hydrogens is 284 g/mol. The zero-order chi connectivity index (χ0) is 15.3. The third kappa shape index (κ3) is 4.31. The SMILES string of the molecule is CCNc1ccc(S(=O)(=O)NCc2ccc(C)cc2)cc1. The molecule has 2 aromatic carbocycles. The first-order valence-corrected chi connectivity index (χ1v) is 8.39. The van der Waals surface area contributed by atoms with E-state index in [9.17, 15) is 8.42 Å². The summed E-state index contributed by atoms with van der Waals surface area (Å²) in [6.07, 6.45) is 0. The minimum atomic E-state index is -3.48. The molecule has 2 rings (SSSR count). The summed E-state index contributed by atoms with van der Waals surface area (Å²) < 4.78 is 27.0. The molecule has 0 aliphatic rings. The number of benzene rings is 2. The fourth-order valence-electron chi connectivity index (χ4n) is 1.92. The van der Waals surface area contributed by atoms with Gasteiger partial charge in [-0.05, 0) is 43.7 Å². The van der Waals surface area contributed by atoms with Crippen LogP contribution in [0, 0.1) is 6.92 Å². The smallest absolute Gasteiger partial charge is 0.240 e. The van der Waals surface area contributed by atoms with Gasteiger partial charge in [-0.15, -0.1) is 0 Å². The van der Waals surface area contributed by atoms with E-state index in [0.717, 1.165) is 23.4 Å². The maximum atomic E-state index is 12.2. The van der Waals surface area contributed by atoms with Crippen LogP contribution in [0.5, 0.6) is 0 Å². The third-order valence-corrected chi connectivity index (χ3v) is 4.55. The molecule has 2 N–H and O–H groups in total. The molecule has 0 spiro atoms. The molecular formula is C16H20N2O2S. The Labute approximate surface area is 126 Å². The van der Waals surface area contributed by atoms with Gasteiger partial charge < -0.3 is 5.32 Å². The predicted octanol–water partition coefficient (Wildman–Crippen LogP) is 2.91. The van der Waals surface area contributed by atoms with Crippen LogP contribution in [0.3, 0.4) is 0 Å². The van der Waals surface area contributed by atoms with E-state index in [1.807, 2.05) is 38.1 Å². The lowest BCUT2D eigenvalue weighted by Crippen LogP contribution is -2.23. The highest BCUT2D eigenvalue weighted by Crippen LogP contribution is 2.14. The van der Waals surface area contributed by atoms with Crippen molar-refractivity contribution in [3.63, 3.8) is 0 Å². The largest absolute Gasteiger partial charge is 0.385 e. The summed E-state index contributed by atoms with van der Waals surface area (Å²) in [6.45, 7) is 5.09. The topological polar surface area (TPSA) is 58.2 Å². The lowest BCUT2D eigenvalue weighted by molar-refractivity contribution is 0.581. The van der Waals surface area contributed by atoms with Crippen LogP contribution in [0.1, 0.15) is 18.1 Å². The van der Waals surface area contributed by atoms with Crippen LogP contribution in [-0.4, -0.2) is 15.0 Å². The summed E-state index contributed by atoms with van der Waals surface area (Å²) in [7, 11) is -3.48. The molecule has 0 aliphatic carbocycles. The van der Waals surface area contributed by atoms with E-state index < -0.39 is 10.0 Å². The first-order chi connectivity index (χ1) is 10.0. The molecule has 0 unspecified atom stereocenters. The fraction of sp³-hybridized carbons (Fsp3) is 0.250. The van der Waals surface area contributed by atoms with Crippen LogP contribution in [-0.2, 0) is 16.6 Å². The number of hydrogen-bond acceptors (Lipinski definition) is 3. The Balaban J connectivity index is 2.05. The van der Waals surface area contributed by atoms with Gasteiger partial charge in [-0.1, -0.05) is 29.8 Å². The van der Waals surface area contributed by atoms with Crippen LogP contribution >= 0.6 is 0 Å². The summed E-state index contributed by atoms with van der Waals surface area (Å²) in [6, 6.07) is 14.5. The van der Waals surface area contributed by atoms with Crippen LogP contribution in [0.2, 0.25) is 0 Å². The van der Waals surface area contributed by atoms with Crippen LogP contribution in [0.15, 0.2) is 53.4 Å². The molecule has 5 heteroatoms. The van der Waals surface area contributed by atoms with Crippen molar-refractivity contribution < 1.29 is 8.42 Å². The van der Waals surface area contributed by atoms with Crippen molar-refractivity contribution in [2.45, 2.75) is 25.3 Å². The minimum absolute atomic E-state index is 0.274. The fourth-order valence-corrected chi connectivity index (χ4v) is 2.94. The van der Waals surface area contributed by atoms with Gasteiger partial charge in [0.1, 0.15) is 0 Å². The minimum Gasteiger partial charge on any atom is -0.385 e. The summed E-state index contributed by atoms with van der Waals surface area (Å²) in [4.78, 5) is 0.274. The number of rotatable bonds is 6. The molecule has 0 aliphatic heterocycles. The maximum absolute atomic E-state index is 12.2. The first kappa shape index (κ1) is 15.5. The molecule has 0 amide bonds. The molecule has 0 bridgehead atoms. The van der Waals surface area contributed by atoms with Gasteiger partial charge in [0.2, 0.25) is 10.0 Å². The Morgan fingerprint density at radius 2 is 1.57 bits per heavy atom. The van der Waals surface area contributed by atoms with Crippen molar-refractivity contribution in [1.82, 2.24) is 4.72 Å². The Hall–Kier alpha value is -1.85. The maximum Gasteiger partial charge on any atom is 0.240 e. The Morgan fingerprint density at radius 1 is 0.952 bits per heavy atom. The molecule has 21 heavy (non-hydrogen) atoms. The molecule has 0 fully saturated rings. The Kier molecular flexibility index (Phi) is 4.98. The molecule has 4 nitrogen and oxygen atoms in total. The molecule has 0 aromatic heterocycles. The second-order valence-electron chi connectivity index (χ2n) is 4.86. The standard InChI is InChI=1S/C16H20N2O2S/c1-3-17-15-8-10-16(11-9-15)21(19,20)18-12-14-6-4-13(2)5-7-14/h4-11,17-18H,3,12H2,1-2H3. The number of sulfonamides is 1. The van der Waals surface area contributed by atoms with Crippen LogP contribution in [0.25, 0.3) is 0 Å². The van der Waals surface area contributed by atoms with Gasteiger partial charge in [0, 0.05) is 18.8 Å². The first-order valence-electron chi connectivity index (χ1n) is 6.90. The van der Waals surface area contributed by atoms with E-state index in [-0.39, 0.29) is 11.4 Å². The van der Waals surface area contributed by atoms with Crippen molar-refractivity contribution >= 4 is 15.7 Å². The zero-order valence-corrected chi connectivity index (χ0v) is 13.1. The summed E-state index contributed by atoms with van der Waals surface area (Å²) in [5.74, 6) is 0. The number of nitrogens with one attached hydrogen (secondary N) is 2. The summed E-state index contributed by atoms with van der Waals surface area (Å²) in [5.41, 5.74) is 3.00. The van der Waals surface area contributed by atoms with Crippen molar-refractivity contribution in [1.29, 1.82) is 0 Å². The lowest BCUT2D eigenvalue weighted by Gasteiger charge is -2.08. The number of aryl methyl sites for hydroxylation is 1. The molecule has 0 saturated carbocycles. The Bertz CT molecular complexity index is 677. The second-order valence-corrected chi connectivity index (χ2v) is 6.63. The number of anilines is 1. The Morgan fingerprint density at radius 3 is 2.14 bits per heavy atom. The normalized spacial score (nSPS) is 11.3.